The van der Waals surface area contributed by atoms with Gasteiger partial charge in [0.15, 0.2) is 0 Å². The molecule has 0 heterocycles. The number of halogens is 3. The van der Waals surface area contributed by atoms with Crippen LogP contribution in [-0.2, 0) is 0 Å². The second kappa shape index (κ2) is 5.57. The number of rotatable bonds is 5. The summed E-state index contributed by atoms with van der Waals surface area (Å²) >= 11 is 8.81. The van der Waals surface area contributed by atoms with Crippen molar-refractivity contribution < 1.29 is 9.18 Å². The van der Waals surface area contributed by atoms with E-state index in [1.165, 1.54) is 18.2 Å². The van der Waals surface area contributed by atoms with Crippen LogP contribution in [0.4, 0.5) is 4.39 Å². The number of amides is 1. The number of nitrogens with one attached hydrogen (secondary N) is 1. The van der Waals surface area contributed by atoms with Crippen LogP contribution in [-0.4, -0.2) is 18.3 Å². The molecule has 1 aliphatic carbocycles. The Kier molecular flexibility index (Phi) is 4.28. The van der Waals surface area contributed by atoms with Gasteiger partial charge in [-0.1, -0.05) is 0 Å². The summed E-state index contributed by atoms with van der Waals surface area (Å²) in [6.45, 7) is 0.646. The third-order valence-electron chi connectivity index (χ3n) is 3.39. The SMILES string of the molecule is O=C(NCC1(CCCl)CC1)c1ccc(F)c(Br)c1. The molecule has 18 heavy (non-hydrogen) atoms. The first-order valence-corrected chi connectivity index (χ1v) is 7.18. The molecule has 1 aromatic carbocycles. The lowest BCUT2D eigenvalue weighted by atomic mass is 10.0. The molecule has 0 saturated heterocycles. The van der Waals surface area contributed by atoms with Crippen LogP contribution in [0.15, 0.2) is 22.7 Å². The molecule has 98 valence electrons. The minimum atomic E-state index is -0.368. The zero-order valence-electron chi connectivity index (χ0n) is 9.81. The molecule has 0 bridgehead atoms. The third kappa shape index (κ3) is 3.23. The van der Waals surface area contributed by atoms with E-state index in [0.29, 0.717) is 22.5 Å². The van der Waals surface area contributed by atoms with Gasteiger partial charge < -0.3 is 5.32 Å². The van der Waals surface area contributed by atoms with E-state index in [1.807, 2.05) is 0 Å². The highest BCUT2D eigenvalue weighted by Gasteiger charge is 2.41. The molecule has 0 radical (unpaired) electrons. The molecule has 1 N–H and O–H groups in total. The lowest BCUT2D eigenvalue weighted by molar-refractivity contribution is 0.0944. The molecule has 1 aromatic rings. The molecular formula is C13H14BrClFNO. The lowest BCUT2D eigenvalue weighted by Crippen LogP contribution is -2.30. The summed E-state index contributed by atoms with van der Waals surface area (Å²) in [5.74, 6) is 0.0849. The van der Waals surface area contributed by atoms with E-state index >= 15 is 0 Å². The van der Waals surface area contributed by atoms with Crippen LogP contribution in [0.2, 0.25) is 0 Å². The standard InChI is InChI=1S/C13H14BrClFNO/c14-10-7-9(1-2-11(10)16)12(18)17-8-13(3-4-13)5-6-15/h1-2,7H,3-6,8H2,(H,17,18). The van der Waals surface area contributed by atoms with Crippen molar-refractivity contribution in [2.24, 2.45) is 5.41 Å². The minimum Gasteiger partial charge on any atom is -0.351 e. The Morgan fingerprint density at radius 2 is 2.22 bits per heavy atom. The van der Waals surface area contributed by atoms with Crippen LogP contribution >= 0.6 is 27.5 Å². The number of carbonyl (C=O) groups is 1. The Balaban J connectivity index is 1.93. The Morgan fingerprint density at radius 1 is 1.50 bits per heavy atom. The molecule has 0 aliphatic heterocycles. The van der Waals surface area contributed by atoms with Crippen LogP contribution in [0.25, 0.3) is 0 Å². The van der Waals surface area contributed by atoms with Gasteiger partial charge >= 0.3 is 0 Å². The highest BCUT2D eigenvalue weighted by molar-refractivity contribution is 9.10. The van der Waals surface area contributed by atoms with E-state index in [4.69, 9.17) is 11.6 Å². The van der Waals surface area contributed by atoms with Crippen molar-refractivity contribution in [1.82, 2.24) is 5.32 Å². The van der Waals surface area contributed by atoms with Crippen molar-refractivity contribution in [3.63, 3.8) is 0 Å². The number of benzene rings is 1. The van der Waals surface area contributed by atoms with Gasteiger partial charge in [0, 0.05) is 18.0 Å². The highest BCUT2D eigenvalue weighted by Crippen LogP contribution is 2.48. The summed E-state index contributed by atoms with van der Waals surface area (Å²) in [6, 6.07) is 4.26. The number of alkyl halides is 1. The van der Waals surface area contributed by atoms with Crippen molar-refractivity contribution in [3.05, 3.63) is 34.1 Å². The first-order valence-electron chi connectivity index (χ1n) is 5.86. The maximum atomic E-state index is 13.1. The van der Waals surface area contributed by atoms with Crippen molar-refractivity contribution >= 4 is 33.4 Å². The topological polar surface area (TPSA) is 29.1 Å². The van der Waals surface area contributed by atoms with Crippen molar-refractivity contribution in [3.8, 4) is 0 Å². The van der Waals surface area contributed by atoms with E-state index in [-0.39, 0.29) is 17.1 Å². The fourth-order valence-electron chi connectivity index (χ4n) is 1.90. The lowest BCUT2D eigenvalue weighted by Gasteiger charge is -2.14. The minimum absolute atomic E-state index is 0.170. The Bertz CT molecular complexity index is 462. The van der Waals surface area contributed by atoms with Crippen LogP contribution in [0.5, 0.6) is 0 Å². The summed E-state index contributed by atoms with van der Waals surface area (Å²) in [4.78, 5) is 11.9. The maximum Gasteiger partial charge on any atom is 0.251 e. The van der Waals surface area contributed by atoms with E-state index in [1.54, 1.807) is 0 Å². The fraction of sp³-hybridized carbons (Fsp3) is 0.462. The summed E-state index contributed by atoms with van der Waals surface area (Å²) in [6.07, 6.45) is 3.17. The molecule has 0 unspecified atom stereocenters. The van der Waals surface area contributed by atoms with Gasteiger partial charge in [-0.3, -0.25) is 4.79 Å². The fourth-order valence-corrected chi connectivity index (χ4v) is 2.68. The molecule has 1 fully saturated rings. The molecular weight excluding hydrogens is 321 g/mol. The van der Waals surface area contributed by atoms with Crippen LogP contribution < -0.4 is 5.32 Å². The van der Waals surface area contributed by atoms with Gasteiger partial charge in [-0.2, -0.15) is 0 Å². The molecule has 2 rings (SSSR count). The maximum absolute atomic E-state index is 13.1. The number of hydrogen-bond acceptors (Lipinski definition) is 1. The van der Waals surface area contributed by atoms with Gasteiger partial charge in [-0.15, -0.1) is 11.6 Å². The molecule has 2 nitrogen and oxygen atoms in total. The molecule has 0 aromatic heterocycles. The van der Waals surface area contributed by atoms with E-state index in [0.717, 1.165) is 19.3 Å². The van der Waals surface area contributed by atoms with E-state index < -0.39 is 0 Å². The van der Waals surface area contributed by atoms with Crippen molar-refractivity contribution in [2.75, 3.05) is 12.4 Å². The van der Waals surface area contributed by atoms with Gasteiger partial charge in [0.2, 0.25) is 0 Å². The first-order chi connectivity index (χ1) is 8.56. The number of carbonyl (C=O) groups excluding carboxylic acids is 1. The average Bonchev–Trinajstić information content (AvgIpc) is 3.11. The van der Waals surface area contributed by atoms with Crippen molar-refractivity contribution in [2.45, 2.75) is 19.3 Å². The quantitative estimate of drug-likeness (QED) is 0.817. The Labute approximate surface area is 119 Å². The predicted octanol–water partition coefficient (Wildman–Crippen LogP) is 3.73. The van der Waals surface area contributed by atoms with Gasteiger partial charge in [-0.05, 0) is 58.8 Å². The molecule has 1 saturated carbocycles. The summed E-state index contributed by atoms with van der Waals surface area (Å²) in [5.41, 5.74) is 0.666. The van der Waals surface area contributed by atoms with E-state index in [2.05, 4.69) is 21.2 Å². The van der Waals surface area contributed by atoms with Gasteiger partial charge in [0.05, 0.1) is 4.47 Å². The van der Waals surface area contributed by atoms with E-state index in [9.17, 15) is 9.18 Å². The predicted molar refractivity (Wildman–Crippen MR) is 73.4 cm³/mol. The Morgan fingerprint density at radius 3 is 2.78 bits per heavy atom. The highest BCUT2D eigenvalue weighted by atomic mass is 79.9. The molecule has 0 atom stereocenters. The zero-order chi connectivity index (χ0) is 13.2. The third-order valence-corrected chi connectivity index (χ3v) is 4.18. The number of hydrogen-bond donors (Lipinski definition) is 1. The van der Waals surface area contributed by atoms with Crippen LogP contribution in [0.3, 0.4) is 0 Å². The second-order valence-electron chi connectivity index (χ2n) is 4.75. The first kappa shape index (κ1) is 13.8. The van der Waals surface area contributed by atoms with Gasteiger partial charge in [0.1, 0.15) is 5.82 Å². The van der Waals surface area contributed by atoms with Crippen LogP contribution in [0, 0.1) is 11.2 Å². The molecule has 0 spiro atoms. The normalized spacial score (nSPS) is 16.4. The second-order valence-corrected chi connectivity index (χ2v) is 5.98. The smallest absolute Gasteiger partial charge is 0.251 e. The zero-order valence-corrected chi connectivity index (χ0v) is 12.2. The average molecular weight is 335 g/mol. The summed E-state index contributed by atoms with van der Waals surface area (Å²) in [5, 5.41) is 2.89. The Hall–Kier alpha value is -0.610. The largest absolute Gasteiger partial charge is 0.351 e. The van der Waals surface area contributed by atoms with Gasteiger partial charge in [0.25, 0.3) is 5.91 Å². The van der Waals surface area contributed by atoms with Gasteiger partial charge in [-0.25, -0.2) is 4.39 Å². The van der Waals surface area contributed by atoms with Crippen molar-refractivity contribution in [1.29, 1.82) is 0 Å². The summed E-state index contributed by atoms with van der Waals surface area (Å²) in [7, 11) is 0. The summed E-state index contributed by atoms with van der Waals surface area (Å²) < 4.78 is 13.4. The molecule has 1 aliphatic rings. The molecule has 5 heteroatoms. The van der Waals surface area contributed by atoms with Crippen LogP contribution in [0.1, 0.15) is 29.6 Å². The monoisotopic (exact) mass is 333 g/mol. The molecule has 1 amide bonds.